The Morgan fingerprint density at radius 3 is 2.91 bits per heavy atom. The second kappa shape index (κ2) is 6.24. The zero-order valence-corrected chi connectivity index (χ0v) is 12.8. The molecule has 5 nitrogen and oxygen atoms in total. The minimum Gasteiger partial charge on any atom is -0.472 e. The molecular weight excluding hydrogens is 297 g/mol. The third-order valence-electron chi connectivity index (χ3n) is 3.89. The lowest BCUT2D eigenvalue weighted by molar-refractivity contribution is 0.100. The fourth-order valence-electron chi connectivity index (χ4n) is 2.76. The number of hydrogen-bond acceptors (Lipinski definition) is 4. The minimum atomic E-state index is -0.635. The van der Waals surface area contributed by atoms with Crippen LogP contribution in [0.4, 0.5) is 10.1 Å². The monoisotopic (exact) mass is 315 g/mol. The fourth-order valence-corrected chi connectivity index (χ4v) is 2.76. The van der Waals surface area contributed by atoms with Gasteiger partial charge >= 0.3 is 0 Å². The van der Waals surface area contributed by atoms with Gasteiger partial charge in [0.2, 0.25) is 5.88 Å². The molecule has 0 unspecified atom stereocenters. The van der Waals surface area contributed by atoms with Crippen molar-refractivity contribution in [1.29, 1.82) is 0 Å². The Labute approximate surface area is 133 Å². The van der Waals surface area contributed by atoms with Gasteiger partial charge in [0.25, 0.3) is 5.91 Å². The molecule has 2 aromatic rings. The van der Waals surface area contributed by atoms with Crippen molar-refractivity contribution < 1.29 is 13.9 Å². The van der Waals surface area contributed by atoms with Crippen molar-refractivity contribution in [2.45, 2.75) is 19.4 Å². The topological polar surface area (TPSA) is 68.5 Å². The molecule has 1 atom stereocenters. The molecule has 0 radical (unpaired) electrons. The predicted octanol–water partition coefficient (Wildman–Crippen LogP) is 2.29. The minimum absolute atomic E-state index is 0.106. The summed E-state index contributed by atoms with van der Waals surface area (Å²) in [5.41, 5.74) is 6.85. The lowest BCUT2D eigenvalue weighted by atomic mass is 10.1. The number of nitrogens with zero attached hydrogens (tertiary/aromatic N) is 2. The van der Waals surface area contributed by atoms with Crippen molar-refractivity contribution in [3.05, 3.63) is 53.5 Å². The third kappa shape index (κ3) is 3.26. The molecule has 0 bridgehead atoms. The molecule has 6 heteroatoms. The summed E-state index contributed by atoms with van der Waals surface area (Å²) in [5, 5.41) is 0. The molecule has 1 aliphatic heterocycles. The molecule has 2 heterocycles. The first-order valence-corrected chi connectivity index (χ1v) is 7.47. The van der Waals surface area contributed by atoms with E-state index in [1.807, 2.05) is 19.1 Å². The maximum absolute atomic E-state index is 14.2. The molecule has 0 aliphatic carbocycles. The molecule has 1 fully saturated rings. The summed E-state index contributed by atoms with van der Waals surface area (Å²) in [5.74, 6) is -0.536. The van der Waals surface area contributed by atoms with E-state index in [0.717, 1.165) is 12.0 Å². The first-order valence-electron chi connectivity index (χ1n) is 7.47. The molecule has 1 aromatic heterocycles. The molecule has 3 rings (SSSR count). The van der Waals surface area contributed by atoms with Gasteiger partial charge in [-0.05, 0) is 24.6 Å². The van der Waals surface area contributed by atoms with Crippen LogP contribution in [0.15, 0.2) is 36.5 Å². The maximum atomic E-state index is 14.2. The van der Waals surface area contributed by atoms with Crippen molar-refractivity contribution in [2.75, 3.05) is 18.0 Å². The second-order valence-corrected chi connectivity index (χ2v) is 5.65. The standard InChI is InChI=1S/C17H18FN3O2/c1-11-5-6-15(20-9-11)23-12-7-8-21(10-12)16-13(17(19)22)3-2-4-14(16)18/h2-6,9,12H,7-8,10H2,1H3,(H2,19,22)/t12-/m1/s1. The van der Waals surface area contributed by atoms with Crippen molar-refractivity contribution in [3.63, 3.8) is 0 Å². The molecule has 120 valence electrons. The van der Waals surface area contributed by atoms with Crippen molar-refractivity contribution >= 4 is 11.6 Å². The number of anilines is 1. The lowest BCUT2D eigenvalue weighted by Gasteiger charge is -2.21. The first kappa shape index (κ1) is 15.3. The molecule has 2 N–H and O–H groups in total. The Balaban J connectivity index is 1.75. The number of ether oxygens (including phenoxy) is 1. The Morgan fingerprint density at radius 2 is 2.22 bits per heavy atom. The summed E-state index contributed by atoms with van der Waals surface area (Å²) in [6, 6.07) is 8.10. The Hall–Kier alpha value is -2.63. The molecule has 1 amide bonds. The molecule has 0 spiro atoms. The lowest BCUT2D eigenvalue weighted by Crippen LogP contribution is -2.28. The summed E-state index contributed by atoms with van der Waals surface area (Å²) in [7, 11) is 0. The zero-order chi connectivity index (χ0) is 16.4. The van der Waals surface area contributed by atoms with Crippen LogP contribution >= 0.6 is 0 Å². The van der Waals surface area contributed by atoms with Crippen LogP contribution in [0.1, 0.15) is 22.3 Å². The van der Waals surface area contributed by atoms with Gasteiger partial charge in [0.05, 0.1) is 17.8 Å². The maximum Gasteiger partial charge on any atom is 0.250 e. The Morgan fingerprint density at radius 1 is 1.39 bits per heavy atom. The van der Waals surface area contributed by atoms with E-state index in [-0.39, 0.29) is 17.4 Å². The molecule has 1 aromatic carbocycles. The van der Waals surface area contributed by atoms with E-state index in [4.69, 9.17) is 10.5 Å². The Bertz CT molecular complexity index is 718. The van der Waals surface area contributed by atoms with Gasteiger partial charge in [0, 0.05) is 25.2 Å². The normalized spacial score (nSPS) is 17.3. The van der Waals surface area contributed by atoms with Crippen molar-refractivity contribution in [3.8, 4) is 5.88 Å². The Kier molecular flexibility index (Phi) is 4.14. The van der Waals surface area contributed by atoms with E-state index < -0.39 is 11.7 Å². The van der Waals surface area contributed by atoms with E-state index in [1.165, 1.54) is 18.2 Å². The molecule has 23 heavy (non-hydrogen) atoms. The number of halogens is 1. The quantitative estimate of drug-likeness (QED) is 0.940. The molecular formula is C17H18FN3O2. The predicted molar refractivity (Wildman–Crippen MR) is 85.1 cm³/mol. The summed E-state index contributed by atoms with van der Waals surface area (Å²) in [6.07, 6.45) is 2.36. The summed E-state index contributed by atoms with van der Waals surface area (Å²) < 4.78 is 20.0. The van der Waals surface area contributed by atoms with Crippen LogP contribution in [0.2, 0.25) is 0 Å². The van der Waals surface area contributed by atoms with E-state index in [1.54, 1.807) is 11.1 Å². The van der Waals surface area contributed by atoms with Crippen LogP contribution in [0.25, 0.3) is 0 Å². The van der Waals surface area contributed by atoms with Gasteiger partial charge < -0.3 is 15.4 Å². The first-order chi connectivity index (χ1) is 11.0. The van der Waals surface area contributed by atoms with Crippen LogP contribution < -0.4 is 15.4 Å². The largest absolute Gasteiger partial charge is 0.472 e. The van der Waals surface area contributed by atoms with E-state index in [0.29, 0.717) is 19.0 Å². The van der Waals surface area contributed by atoms with Crippen LogP contribution in [0, 0.1) is 12.7 Å². The summed E-state index contributed by atoms with van der Waals surface area (Å²) in [6.45, 7) is 3.03. The number of amides is 1. The number of carbonyl (C=O) groups is 1. The number of carbonyl (C=O) groups excluding carboxylic acids is 1. The highest BCUT2D eigenvalue weighted by Crippen LogP contribution is 2.29. The van der Waals surface area contributed by atoms with E-state index in [2.05, 4.69) is 4.98 Å². The number of aryl methyl sites for hydroxylation is 1. The highest BCUT2D eigenvalue weighted by Gasteiger charge is 2.28. The second-order valence-electron chi connectivity index (χ2n) is 5.65. The summed E-state index contributed by atoms with van der Waals surface area (Å²) >= 11 is 0. The number of benzene rings is 1. The number of rotatable bonds is 4. The average Bonchev–Trinajstić information content (AvgIpc) is 2.97. The average molecular weight is 315 g/mol. The van der Waals surface area contributed by atoms with E-state index >= 15 is 0 Å². The zero-order valence-electron chi connectivity index (χ0n) is 12.8. The third-order valence-corrected chi connectivity index (χ3v) is 3.89. The van der Waals surface area contributed by atoms with Gasteiger partial charge in [-0.1, -0.05) is 12.1 Å². The van der Waals surface area contributed by atoms with Crippen LogP contribution in [0.3, 0.4) is 0 Å². The molecule has 1 saturated heterocycles. The van der Waals surface area contributed by atoms with Crippen LogP contribution in [0.5, 0.6) is 5.88 Å². The number of para-hydroxylation sites is 1. The van der Waals surface area contributed by atoms with E-state index in [9.17, 15) is 9.18 Å². The summed E-state index contributed by atoms with van der Waals surface area (Å²) in [4.78, 5) is 17.5. The number of primary amides is 1. The highest BCUT2D eigenvalue weighted by molar-refractivity contribution is 5.98. The highest BCUT2D eigenvalue weighted by atomic mass is 19.1. The number of hydrogen-bond donors (Lipinski definition) is 1. The molecule has 0 saturated carbocycles. The SMILES string of the molecule is Cc1ccc(O[C@@H]2CCN(c3c(F)cccc3C(N)=O)C2)nc1. The van der Waals surface area contributed by atoms with Crippen LogP contribution in [-0.4, -0.2) is 30.1 Å². The number of pyridine rings is 1. The van der Waals surface area contributed by atoms with Gasteiger partial charge in [-0.15, -0.1) is 0 Å². The van der Waals surface area contributed by atoms with Gasteiger partial charge in [-0.25, -0.2) is 9.37 Å². The molecule has 1 aliphatic rings. The van der Waals surface area contributed by atoms with Crippen molar-refractivity contribution in [1.82, 2.24) is 4.98 Å². The number of nitrogens with two attached hydrogens (primary N) is 1. The number of aromatic nitrogens is 1. The van der Waals surface area contributed by atoms with Crippen molar-refractivity contribution in [2.24, 2.45) is 5.73 Å². The van der Waals surface area contributed by atoms with Gasteiger partial charge in [-0.2, -0.15) is 0 Å². The van der Waals surface area contributed by atoms with Gasteiger partial charge in [0.15, 0.2) is 0 Å². The van der Waals surface area contributed by atoms with Crippen LogP contribution in [-0.2, 0) is 0 Å². The van der Waals surface area contributed by atoms with Gasteiger partial charge in [0.1, 0.15) is 11.9 Å². The smallest absolute Gasteiger partial charge is 0.250 e. The fraction of sp³-hybridized carbons (Fsp3) is 0.294. The van der Waals surface area contributed by atoms with Gasteiger partial charge in [-0.3, -0.25) is 4.79 Å².